The van der Waals surface area contributed by atoms with Crippen molar-refractivity contribution in [1.29, 1.82) is 0 Å². The monoisotopic (exact) mass is 368 g/mol. The Bertz CT molecular complexity index is 616. The summed E-state index contributed by atoms with van der Waals surface area (Å²) in [4.78, 5) is 0. The number of benzene rings is 2. The van der Waals surface area contributed by atoms with Crippen molar-refractivity contribution in [3.8, 4) is 11.5 Å². The highest BCUT2D eigenvalue weighted by molar-refractivity contribution is 14.1. The van der Waals surface area contributed by atoms with E-state index in [4.69, 9.17) is 15.2 Å². The van der Waals surface area contributed by atoms with Gasteiger partial charge in [-0.15, -0.1) is 0 Å². The van der Waals surface area contributed by atoms with Crippen LogP contribution in [0.2, 0.25) is 0 Å². The fraction of sp³-hybridized carbons (Fsp3) is 0.143. The Labute approximate surface area is 125 Å². The lowest BCUT2D eigenvalue weighted by molar-refractivity contribution is 0.171. The first-order valence-corrected chi connectivity index (χ1v) is 7.02. The molecule has 3 N–H and O–H groups in total. The summed E-state index contributed by atoms with van der Waals surface area (Å²) in [5.74, 6) is 1.55. The van der Waals surface area contributed by atoms with Crippen molar-refractivity contribution in [2.75, 3.05) is 24.3 Å². The SMILES string of the molecule is Nc1cc(I)ccc1Nc1ccc2c(c1)OCCO2. The number of nitrogens with two attached hydrogens (primary N) is 1. The number of anilines is 3. The summed E-state index contributed by atoms with van der Waals surface area (Å²) in [7, 11) is 0. The number of nitrogens with one attached hydrogen (secondary N) is 1. The molecule has 5 heteroatoms. The minimum Gasteiger partial charge on any atom is -0.486 e. The molecule has 98 valence electrons. The minimum atomic E-state index is 0.585. The predicted octanol–water partition coefficient (Wildman–Crippen LogP) is 3.39. The van der Waals surface area contributed by atoms with Gasteiger partial charge in [-0.2, -0.15) is 0 Å². The maximum atomic E-state index is 5.98. The first-order chi connectivity index (χ1) is 9.22. The lowest BCUT2D eigenvalue weighted by atomic mass is 10.2. The maximum absolute atomic E-state index is 5.98. The molecule has 19 heavy (non-hydrogen) atoms. The van der Waals surface area contributed by atoms with E-state index in [0.717, 1.165) is 32.1 Å². The van der Waals surface area contributed by atoms with Crippen molar-refractivity contribution in [1.82, 2.24) is 0 Å². The normalized spacial score (nSPS) is 13.1. The average Bonchev–Trinajstić information content (AvgIpc) is 2.42. The van der Waals surface area contributed by atoms with Crippen LogP contribution in [0.4, 0.5) is 17.1 Å². The maximum Gasteiger partial charge on any atom is 0.163 e. The van der Waals surface area contributed by atoms with Crippen LogP contribution in [-0.2, 0) is 0 Å². The second-order valence-corrected chi connectivity index (χ2v) is 5.46. The molecule has 0 fully saturated rings. The van der Waals surface area contributed by atoms with E-state index in [2.05, 4.69) is 27.9 Å². The highest BCUT2D eigenvalue weighted by Gasteiger charge is 2.12. The van der Waals surface area contributed by atoms with Crippen LogP contribution in [-0.4, -0.2) is 13.2 Å². The van der Waals surface area contributed by atoms with Crippen LogP contribution in [0.3, 0.4) is 0 Å². The molecule has 0 spiro atoms. The van der Waals surface area contributed by atoms with Gasteiger partial charge in [-0.25, -0.2) is 0 Å². The van der Waals surface area contributed by atoms with Gasteiger partial charge in [0.15, 0.2) is 11.5 Å². The van der Waals surface area contributed by atoms with Crippen molar-refractivity contribution >= 4 is 39.7 Å². The van der Waals surface area contributed by atoms with Crippen molar-refractivity contribution in [3.63, 3.8) is 0 Å². The molecule has 0 aliphatic carbocycles. The zero-order valence-corrected chi connectivity index (χ0v) is 12.3. The highest BCUT2D eigenvalue weighted by Crippen LogP contribution is 2.34. The highest BCUT2D eigenvalue weighted by atomic mass is 127. The third-order valence-corrected chi connectivity index (χ3v) is 3.51. The van der Waals surface area contributed by atoms with E-state index in [9.17, 15) is 0 Å². The number of halogens is 1. The second kappa shape index (κ2) is 5.16. The molecule has 1 aliphatic heterocycles. The second-order valence-electron chi connectivity index (χ2n) is 4.22. The number of rotatable bonds is 2. The van der Waals surface area contributed by atoms with Crippen molar-refractivity contribution in [2.24, 2.45) is 0 Å². The van der Waals surface area contributed by atoms with E-state index >= 15 is 0 Å². The topological polar surface area (TPSA) is 56.5 Å². The molecular weight excluding hydrogens is 355 g/mol. The molecular formula is C14H13IN2O2. The largest absolute Gasteiger partial charge is 0.486 e. The van der Waals surface area contributed by atoms with Crippen LogP contribution in [0.15, 0.2) is 36.4 Å². The molecule has 0 saturated carbocycles. The summed E-state index contributed by atoms with van der Waals surface area (Å²) < 4.78 is 12.2. The van der Waals surface area contributed by atoms with E-state index in [1.165, 1.54) is 0 Å². The van der Waals surface area contributed by atoms with Gasteiger partial charge < -0.3 is 20.5 Å². The third kappa shape index (κ3) is 2.70. The summed E-state index contributed by atoms with van der Waals surface area (Å²) >= 11 is 2.24. The Morgan fingerprint density at radius 3 is 2.58 bits per heavy atom. The van der Waals surface area contributed by atoms with Gasteiger partial charge in [0.25, 0.3) is 0 Å². The predicted molar refractivity (Wildman–Crippen MR) is 84.3 cm³/mol. The van der Waals surface area contributed by atoms with Gasteiger partial charge in [-0.3, -0.25) is 0 Å². The number of fused-ring (bicyclic) bond motifs is 1. The Hall–Kier alpha value is -1.63. The van der Waals surface area contributed by atoms with Crippen LogP contribution < -0.4 is 20.5 Å². The number of hydrogen-bond acceptors (Lipinski definition) is 4. The molecule has 0 bridgehead atoms. The summed E-state index contributed by atoms with van der Waals surface area (Å²) in [6.07, 6.45) is 0. The van der Waals surface area contributed by atoms with Gasteiger partial charge in [0.05, 0.1) is 11.4 Å². The number of nitrogen functional groups attached to an aromatic ring is 1. The van der Waals surface area contributed by atoms with Crippen LogP contribution >= 0.6 is 22.6 Å². The molecule has 4 nitrogen and oxygen atoms in total. The van der Waals surface area contributed by atoms with E-state index in [1.54, 1.807) is 0 Å². The van der Waals surface area contributed by atoms with E-state index in [-0.39, 0.29) is 0 Å². The molecule has 3 rings (SSSR count). The summed E-state index contributed by atoms with van der Waals surface area (Å²) in [5.41, 5.74) is 8.52. The quantitative estimate of drug-likeness (QED) is 0.630. The molecule has 0 atom stereocenters. The summed E-state index contributed by atoms with van der Waals surface area (Å²) in [6.45, 7) is 1.19. The fourth-order valence-corrected chi connectivity index (χ4v) is 2.44. The van der Waals surface area contributed by atoms with Gasteiger partial charge in [0.1, 0.15) is 13.2 Å². The molecule has 2 aromatic carbocycles. The fourth-order valence-electron chi connectivity index (χ4n) is 1.92. The summed E-state index contributed by atoms with van der Waals surface area (Å²) in [5, 5.41) is 3.29. The van der Waals surface area contributed by atoms with Gasteiger partial charge in [0.2, 0.25) is 0 Å². The standard InChI is InChI=1S/C14H13IN2O2/c15-9-1-3-12(11(16)7-9)17-10-2-4-13-14(8-10)19-6-5-18-13/h1-4,7-8,17H,5-6,16H2. The van der Waals surface area contributed by atoms with Crippen molar-refractivity contribution in [2.45, 2.75) is 0 Å². The van der Waals surface area contributed by atoms with E-state index in [0.29, 0.717) is 13.2 Å². The molecule has 0 saturated heterocycles. The average molecular weight is 368 g/mol. The van der Waals surface area contributed by atoms with Crippen LogP contribution in [0.5, 0.6) is 11.5 Å². The number of hydrogen-bond donors (Lipinski definition) is 2. The third-order valence-electron chi connectivity index (χ3n) is 2.83. The Morgan fingerprint density at radius 1 is 1.00 bits per heavy atom. The van der Waals surface area contributed by atoms with E-state index in [1.807, 2.05) is 36.4 Å². The zero-order valence-electron chi connectivity index (χ0n) is 10.2. The Morgan fingerprint density at radius 2 is 1.79 bits per heavy atom. The molecule has 0 aromatic heterocycles. The van der Waals surface area contributed by atoms with E-state index < -0.39 is 0 Å². The summed E-state index contributed by atoms with van der Waals surface area (Å²) in [6, 6.07) is 11.7. The van der Waals surface area contributed by atoms with Crippen LogP contribution in [0.25, 0.3) is 0 Å². The molecule has 0 unspecified atom stereocenters. The van der Waals surface area contributed by atoms with Crippen LogP contribution in [0.1, 0.15) is 0 Å². The molecule has 1 aliphatic rings. The lowest BCUT2D eigenvalue weighted by Gasteiger charge is -2.19. The smallest absolute Gasteiger partial charge is 0.163 e. The lowest BCUT2D eigenvalue weighted by Crippen LogP contribution is -2.15. The minimum absolute atomic E-state index is 0.585. The Kier molecular flexibility index (Phi) is 3.37. The van der Waals surface area contributed by atoms with Gasteiger partial charge in [-0.1, -0.05) is 0 Å². The van der Waals surface area contributed by atoms with Gasteiger partial charge in [-0.05, 0) is 52.9 Å². The number of ether oxygens (including phenoxy) is 2. The van der Waals surface area contributed by atoms with Gasteiger partial charge >= 0.3 is 0 Å². The van der Waals surface area contributed by atoms with Crippen LogP contribution in [0, 0.1) is 3.57 Å². The van der Waals surface area contributed by atoms with Crippen molar-refractivity contribution in [3.05, 3.63) is 40.0 Å². The first-order valence-electron chi connectivity index (χ1n) is 5.94. The zero-order chi connectivity index (χ0) is 13.2. The van der Waals surface area contributed by atoms with Gasteiger partial charge in [0, 0.05) is 15.3 Å². The van der Waals surface area contributed by atoms with Crippen molar-refractivity contribution < 1.29 is 9.47 Å². The molecule has 2 aromatic rings. The first kappa shape index (κ1) is 12.4. The molecule has 1 heterocycles. The molecule has 0 amide bonds. The Balaban J connectivity index is 1.87. The molecule has 0 radical (unpaired) electrons.